The molecular formula is C14H18N2O3S. The molecule has 0 bridgehead atoms. The highest BCUT2D eigenvalue weighted by Crippen LogP contribution is 2.32. The number of thioether (sulfide) groups is 1. The summed E-state index contributed by atoms with van der Waals surface area (Å²) in [7, 11) is 1.71. The first kappa shape index (κ1) is 14.7. The number of urea groups is 1. The lowest BCUT2D eigenvalue weighted by Crippen LogP contribution is -2.49. The fourth-order valence-electron chi connectivity index (χ4n) is 2.33. The van der Waals surface area contributed by atoms with Crippen molar-refractivity contribution < 1.29 is 14.7 Å². The predicted octanol–water partition coefficient (Wildman–Crippen LogP) is 1.92. The molecule has 0 saturated carbocycles. The molecule has 1 aliphatic rings. The number of nitrogens with zero attached hydrogens (tertiary/aromatic N) is 2. The van der Waals surface area contributed by atoms with Gasteiger partial charge in [-0.2, -0.15) is 11.8 Å². The van der Waals surface area contributed by atoms with Crippen LogP contribution in [0.5, 0.6) is 0 Å². The summed E-state index contributed by atoms with van der Waals surface area (Å²) in [5.41, 5.74) is 1.62. The number of aliphatic carboxylic acids is 1. The Kier molecular flexibility index (Phi) is 4.54. The lowest BCUT2D eigenvalue weighted by Gasteiger charge is -2.28. The van der Waals surface area contributed by atoms with E-state index in [1.54, 1.807) is 29.8 Å². The zero-order valence-electron chi connectivity index (χ0n) is 11.6. The number of carbonyl (C=O) groups is 2. The van der Waals surface area contributed by atoms with E-state index in [0.29, 0.717) is 18.7 Å². The summed E-state index contributed by atoms with van der Waals surface area (Å²) in [6.45, 7) is 0.602. The minimum Gasteiger partial charge on any atom is -0.480 e. The lowest BCUT2D eigenvalue weighted by atomic mass is 10.1. The van der Waals surface area contributed by atoms with Crippen molar-refractivity contribution in [1.29, 1.82) is 0 Å². The summed E-state index contributed by atoms with van der Waals surface area (Å²) in [6, 6.07) is 6.31. The van der Waals surface area contributed by atoms with Crippen molar-refractivity contribution in [2.24, 2.45) is 0 Å². The average Bonchev–Trinajstić information content (AvgIpc) is 2.83. The first-order valence-electron chi connectivity index (χ1n) is 6.40. The first-order chi connectivity index (χ1) is 9.56. The van der Waals surface area contributed by atoms with E-state index in [4.69, 9.17) is 0 Å². The van der Waals surface area contributed by atoms with Gasteiger partial charge in [-0.3, -0.25) is 4.90 Å². The Labute approximate surface area is 122 Å². The second-order valence-electron chi connectivity index (χ2n) is 4.75. The first-order valence-corrected chi connectivity index (χ1v) is 7.79. The minimum absolute atomic E-state index is 0.253. The summed E-state index contributed by atoms with van der Waals surface area (Å²) in [6.07, 6.45) is 2.34. The highest BCUT2D eigenvalue weighted by Gasteiger charge is 2.39. The van der Waals surface area contributed by atoms with Crippen LogP contribution in [0, 0.1) is 0 Å². The maximum absolute atomic E-state index is 12.5. The number of carbonyl (C=O) groups excluding carboxylic acids is 1. The van der Waals surface area contributed by atoms with Crippen LogP contribution < -0.4 is 4.90 Å². The molecule has 0 fully saturated rings. The molecule has 0 unspecified atom stereocenters. The number of hydrogen-bond donors (Lipinski definition) is 1. The number of para-hydroxylation sites is 1. The van der Waals surface area contributed by atoms with Crippen LogP contribution in [0.4, 0.5) is 10.5 Å². The zero-order chi connectivity index (χ0) is 14.7. The molecule has 1 aromatic rings. The Hall–Kier alpha value is -1.69. The van der Waals surface area contributed by atoms with Gasteiger partial charge in [0, 0.05) is 31.5 Å². The van der Waals surface area contributed by atoms with Gasteiger partial charge in [-0.15, -0.1) is 0 Å². The van der Waals surface area contributed by atoms with Crippen molar-refractivity contribution >= 4 is 29.4 Å². The van der Waals surface area contributed by atoms with E-state index in [2.05, 4.69) is 0 Å². The third-order valence-corrected chi connectivity index (χ3v) is 4.02. The predicted molar refractivity (Wildman–Crippen MR) is 80.5 cm³/mol. The fraction of sp³-hybridized carbons (Fsp3) is 0.429. The summed E-state index contributed by atoms with van der Waals surface area (Å²) >= 11 is 1.65. The molecule has 0 radical (unpaired) electrons. The normalized spacial score (nSPS) is 16.9. The molecule has 1 atom stereocenters. The maximum atomic E-state index is 12.5. The van der Waals surface area contributed by atoms with Gasteiger partial charge in [0.1, 0.15) is 6.04 Å². The van der Waals surface area contributed by atoms with Crippen molar-refractivity contribution in [2.45, 2.75) is 12.5 Å². The molecular weight excluding hydrogens is 276 g/mol. The average molecular weight is 294 g/mol. The smallest absolute Gasteiger partial charge is 0.327 e. The minimum atomic E-state index is -0.965. The van der Waals surface area contributed by atoms with E-state index in [1.807, 2.05) is 24.5 Å². The van der Waals surface area contributed by atoms with E-state index >= 15 is 0 Å². The number of rotatable bonds is 4. The third-order valence-electron chi connectivity index (χ3n) is 3.42. The highest BCUT2D eigenvalue weighted by atomic mass is 32.2. The monoisotopic (exact) mass is 294 g/mol. The Bertz CT molecular complexity index is 521. The standard InChI is InChI=1S/C14H18N2O3S/c1-15(7-8-20-2)14(19)16-11-6-4-3-5-10(11)9-12(16)13(17)18/h3-6,12H,7-9H2,1-2H3,(H,17,18)/t12-/m0/s1. The van der Waals surface area contributed by atoms with Crippen LogP contribution in [-0.4, -0.2) is 53.6 Å². The van der Waals surface area contributed by atoms with Crippen molar-refractivity contribution in [1.82, 2.24) is 4.90 Å². The molecule has 1 aliphatic heterocycles. The van der Waals surface area contributed by atoms with Crippen molar-refractivity contribution in [3.8, 4) is 0 Å². The van der Waals surface area contributed by atoms with Gasteiger partial charge in [0.15, 0.2) is 0 Å². The molecule has 2 amide bonds. The van der Waals surface area contributed by atoms with Crippen LogP contribution in [0.25, 0.3) is 0 Å². The SMILES string of the molecule is CSCCN(C)C(=O)N1c2ccccc2C[C@H]1C(=O)O. The van der Waals surface area contributed by atoms with Crippen LogP contribution in [0.15, 0.2) is 24.3 Å². The van der Waals surface area contributed by atoms with Crippen LogP contribution in [0.1, 0.15) is 5.56 Å². The molecule has 1 heterocycles. The number of fused-ring (bicyclic) bond motifs is 1. The fourth-order valence-corrected chi connectivity index (χ4v) is 2.78. The van der Waals surface area contributed by atoms with E-state index < -0.39 is 12.0 Å². The molecule has 0 aromatic heterocycles. The molecule has 1 aromatic carbocycles. The Morgan fingerprint density at radius 3 is 2.80 bits per heavy atom. The third kappa shape index (κ3) is 2.75. The van der Waals surface area contributed by atoms with Gasteiger partial charge in [0.2, 0.25) is 0 Å². The number of carboxylic acids is 1. The molecule has 2 rings (SSSR count). The molecule has 6 heteroatoms. The quantitative estimate of drug-likeness (QED) is 0.921. The molecule has 0 spiro atoms. The van der Waals surface area contributed by atoms with Crippen LogP contribution >= 0.6 is 11.8 Å². The number of anilines is 1. The van der Waals surface area contributed by atoms with Crippen LogP contribution in [-0.2, 0) is 11.2 Å². The molecule has 5 nitrogen and oxygen atoms in total. The van der Waals surface area contributed by atoms with Crippen molar-refractivity contribution in [2.75, 3.05) is 30.5 Å². The number of amides is 2. The Morgan fingerprint density at radius 1 is 1.45 bits per heavy atom. The van der Waals surface area contributed by atoms with Crippen molar-refractivity contribution in [3.63, 3.8) is 0 Å². The van der Waals surface area contributed by atoms with Crippen LogP contribution in [0.3, 0.4) is 0 Å². The summed E-state index contributed by atoms with van der Waals surface area (Å²) < 4.78 is 0. The molecule has 0 aliphatic carbocycles. The second-order valence-corrected chi connectivity index (χ2v) is 5.74. The second kappa shape index (κ2) is 6.17. The molecule has 20 heavy (non-hydrogen) atoms. The lowest BCUT2D eigenvalue weighted by molar-refractivity contribution is -0.138. The highest BCUT2D eigenvalue weighted by molar-refractivity contribution is 7.98. The van der Waals surface area contributed by atoms with Gasteiger partial charge >= 0.3 is 12.0 Å². The van der Waals surface area contributed by atoms with Gasteiger partial charge in [-0.25, -0.2) is 9.59 Å². The van der Waals surface area contributed by atoms with Gasteiger partial charge in [0.05, 0.1) is 0 Å². The van der Waals surface area contributed by atoms with Gasteiger partial charge in [-0.05, 0) is 17.9 Å². The summed E-state index contributed by atoms with van der Waals surface area (Å²) in [5, 5.41) is 9.35. The van der Waals surface area contributed by atoms with Gasteiger partial charge < -0.3 is 10.0 Å². The van der Waals surface area contributed by atoms with Crippen LogP contribution in [0.2, 0.25) is 0 Å². The van der Waals surface area contributed by atoms with E-state index in [1.165, 1.54) is 4.90 Å². The van der Waals surface area contributed by atoms with Gasteiger partial charge in [0.25, 0.3) is 0 Å². The van der Waals surface area contributed by atoms with Gasteiger partial charge in [-0.1, -0.05) is 18.2 Å². The van der Waals surface area contributed by atoms with E-state index in [9.17, 15) is 14.7 Å². The Morgan fingerprint density at radius 2 is 2.15 bits per heavy atom. The molecule has 1 N–H and O–H groups in total. The largest absolute Gasteiger partial charge is 0.480 e. The number of benzene rings is 1. The molecule has 0 saturated heterocycles. The summed E-state index contributed by atoms with van der Waals surface area (Å²) in [5.74, 6) is -0.136. The molecule has 108 valence electrons. The van der Waals surface area contributed by atoms with Crippen molar-refractivity contribution in [3.05, 3.63) is 29.8 Å². The summed E-state index contributed by atoms with van der Waals surface area (Å²) in [4.78, 5) is 26.9. The zero-order valence-corrected chi connectivity index (χ0v) is 12.4. The maximum Gasteiger partial charge on any atom is 0.327 e. The van der Waals surface area contributed by atoms with E-state index in [0.717, 1.165) is 11.3 Å². The number of carboxylic acid groups (broad SMARTS) is 1. The topological polar surface area (TPSA) is 60.9 Å². The Balaban J connectivity index is 2.26. The number of hydrogen-bond acceptors (Lipinski definition) is 3. The van der Waals surface area contributed by atoms with E-state index in [-0.39, 0.29) is 6.03 Å².